The largest absolute Gasteiger partial charge is 0.355 e. The van der Waals surface area contributed by atoms with Crippen molar-refractivity contribution in [2.75, 3.05) is 20.6 Å². The van der Waals surface area contributed by atoms with E-state index in [9.17, 15) is 4.57 Å². The Morgan fingerprint density at radius 2 is 2.07 bits per heavy atom. The van der Waals surface area contributed by atoms with E-state index in [2.05, 4.69) is 0 Å². The average Bonchev–Trinajstić information content (AvgIpc) is 2.61. The number of ether oxygens (including phenoxy) is 2. The van der Waals surface area contributed by atoms with E-state index in [-0.39, 0.29) is 12.4 Å². The van der Waals surface area contributed by atoms with Gasteiger partial charge in [0.15, 0.2) is 12.6 Å². The van der Waals surface area contributed by atoms with Gasteiger partial charge in [-0.2, -0.15) is 0 Å². The first-order valence-corrected chi connectivity index (χ1v) is 5.98. The van der Waals surface area contributed by atoms with Crippen molar-refractivity contribution < 1.29 is 23.1 Å². The van der Waals surface area contributed by atoms with Crippen molar-refractivity contribution >= 4 is 15.4 Å². The predicted molar refractivity (Wildman–Crippen MR) is 53.9 cm³/mol. The van der Waals surface area contributed by atoms with Crippen LogP contribution in [0.25, 0.3) is 0 Å². The van der Waals surface area contributed by atoms with Crippen molar-refractivity contribution in [1.29, 1.82) is 0 Å². The van der Waals surface area contributed by atoms with Crippen molar-refractivity contribution in [3.63, 3.8) is 0 Å². The van der Waals surface area contributed by atoms with Crippen LogP contribution < -0.4 is 0 Å². The molecule has 0 aromatic carbocycles. The van der Waals surface area contributed by atoms with E-state index >= 15 is 0 Å². The molecule has 80 valence electrons. The molecule has 14 heavy (non-hydrogen) atoms. The molecule has 1 heterocycles. The molecule has 2 atom stereocenters. The van der Waals surface area contributed by atoms with Crippen LogP contribution in [-0.2, 0) is 23.1 Å². The van der Waals surface area contributed by atoms with Crippen LogP contribution in [-0.4, -0.2) is 40.7 Å². The summed E-state index contributed by atoms with van der Waals surface area (Å²) in [5.41, 5.74) is 0. The van der Waals surface area contributed by atoms with Crippen LogP contribution in [0.2, 0.25) is 0 Å². The van der Waals surface area contributed by atoms with Crippen molar-refractivity contribution in [3.05, 3.63) is 12.2 Å². The molecule has 1 aliphatic heterocycles. The Hall–Kier alpha value is -0.125. The highest BCUT2D eigenvalue weighted by Crippen LogP contribution is 2.46. The van der Waals surface area contributed by atoms with Gasteiger partial charge in [0.05, 0.1) is 0 Å². The van der Waals surface area contributed by atoms with E-state index < -0.39 is 13.9 Å². The summed E-state index contributed by atoms with van der Waals surface area (Å²) in [6.07, 6.45) is 3.07. The first-order valence-electron chi connectivity index (χ1n) is 4.25. The standard InChI is InChI=1S/C7H14BO5P/c1-10-14(9,11-2)5-12-7-4-3-6(8)13-7/h3-4,6-7H,5,8H2,1-2H3. The molecule has 0 radical (unpaired) electrons. The number of hydrogen-bond donors (Lipinski definition) is 0. The summed E-state index contributed by atoms with van der Waals surface area (Å²) in [6, 6.07) is 0.0319. The van der Waals surface area contributed by atoms with Gasteiger partial charge >= 0.3 is 7.60 Å². The normalized spacial score (nSPS) is 27.0. The Kier molecular flexibility index (Phi) is 4.35. The van der Waals surface area contributed by atoms with Gasteiger partial charge in [-0.05, 0) is 6.08 Å². The van der Waals surface area contributed by atoms with Gasteiger partial charge in [0.2, 0.25) is 0 Å². The fourth-order valence-electron chi connectivity index (χ4n) is 0.989. The summed E-state index contributed by atoms with van der Waals surface area (Å²) in [5, 5.41) is 0. The molecule has 1 aliphatic rings. The predicted octanol–water partition coefficient (Wildman–Crippen LogP) is 0.318. The molecule has 0 aromatic rings. The zero-order valence-electron chi connectivity index (χ0n) is 8.50. The van der Waals surface area contributed by atoms with Crippen LogP contribution in [0.3, 0.4) is 0 Å². The minimum atomic E-state index is -3.09. The maximum absolute atomic E-state index is 11.5. The molecule has 0 saturated carbocycles. The van der Waals surface area contributed by atoms with Crippen molar-refractivity contribution in [1.82, 2.24) is 0 Å². The molecule has 2 unspecified atom stereocenters. The quantitative estimate of drug-likeness (QED) is 0.379. The van der Waals surface area contributed by atoms with Gasteiger partial charge in [-0.1, -0.05) is 6.08 Å². The van der Waals surface area contributed by atoms with E-state index in [1.165, 1.54) is 14.2 Å². The molecule has 0 bridgehead atoms. The monoisotopic (exact) mass is 220 g/mol. The molecule has 1 rings (SSSR count). The van der Waals surface area contributed by atoms with Gasteiger partial charge in [-0.25, -0.2) is 0 Å². The summed E-state index contributed by atoms with van der Waals surface area (Å²) < 4.78 is 31.4. The van der Waals surface area contributed by atoms with Crippen LogP contribution >= 0.6 is 7.60 Å². The van der Waals surface area contributed by atoms with Crippen molar-refractivity contribution in [2.45, 2.75) is 12.3 Å². The van der Waals surface area contributed by atoms with E-state index in [0.29, 0.717) is 0 Å². The highest BCUT2D eigenvalue weighted by Gasteiger charge is 2.25. The fraction of sp³-hybridized carbons (Fsp3) is 0.714. The zero-order valence-corrected chi connectivity index (χ0v) is 9.40. The van der Waals surface area contributed by atoms with E-state index in [1.54, 1.807) is 6.08 Å². The van der Waals surface area contributed by atoms with Crippen LogP contribution in [0.4, 0.5) is 0 Å². The first-order chi connectivity index (χ1) is 6.59. The Labute approximate surface area is 84.3 Å². The van der Waals surface area contributed by atoms with Crippen LogP contribution in [0.15, 0.2) is 12.2 Å². The molecule has 5 nitrogen and oxygen atoms in total. The van der Waals surface area contributed by atoms with Crippen LogP contribution in [0, 0.1) is 0 Å². The summed E-state index contributed by atoms with van der Waals surface area (Å²) in [7, 11) is 1.45. The van der Waals surface area contributed by atoms with E-state index in [4.69, 9.17) is 18.5 Å². The Morgan fingerprint density at radius 3 is 2.50 bits per heavy atom. The van der Waals surface area contributed by atoms with Crippen LogP contribution in [0.1, 0.15) is 0 Å². The third-order valence-corrected chi connectivity index (χ3v) is 3.42. The summed E-state index contributed by atoms with van der Waals surface area (Å²) in [5.74, 6) is 0. The molecule has 0 spiro atoms. The van der Waals surface area contributed by atoms with E-state index in [1.807, 2.05) is 13.9 Å². The smallest absolute Gasteiger partial charge is 0.351 e. The van der Waals surface area contributed by atoms with Gasteiger partial charge < -0.3 is 18.5 Å². The lowest BCUT2D eigenvalue weighted by molar-refractivity contribution is -0.0900. The van der Waals surface area contributed by atoms with Crippen LogP contribution in [0.5, 0.6) is 0 Å². The fourth-order valence-corrected chi connectivity index (χ4v) is 1.68. The lowest BCUT2D eigenvalue weighted by Crippen LogP contribution is -2.16. The minimum absolute atomic E-state index is 0.0319. The molecule has 0 saturated heterocycles. The lowest BCUT2D eigenvalue weighted by Gasteiger charge is -2.17. The molecular weight excluding hydrogens is 206 g/mol. The zero-order chi connectivity index (χ0) is 10.6. The average molecular weight is 220 g/mol. The summed E-state index contributed by atoms with van der Waals surface area (Å²) in [4.78, 5) is 0. The molecule has 7 heteroatoms. The second-order valence-corrected chi connectivity index (χ2v) is 5.08. The van der Waals surface area contributed by atoms with Gasteiger partial charge in [0.25, 0.3) is 0 Å². The molecule has 0 aromatic heterocycles. The second kappa shape index (κ2) is 5.10. The Balaban J connectivity index is 2.33. The molecule has 0 amide bonds. The molecule has 0 N–H and O–H groups in total. The highest BCUT2D eigenvalue weighted by atomic mass is 31.2. The van der Waals surface area contributed by atoms with Crippen molar-refractivity contribution in [3.8, 4) is 0 Å². The third-order valence-electron chi connectivity index (χ3n) is 1.84. The molecular formula is C7H14BO5P. The lowest BCUT2D eigenvalue weighted by atomic mass is 10.0. The van der Waals surface area contributed by atoms with Gasteiger partial charge in [0.1, 0.15) is 7.85 Å². The second-order valence-electron chi connectivity index (χ2n) is 2.87. The molecule has 0 fully saturated rings. The van der Waals surface area contributed by atoms with Crippen molar-refractivity contribution in [2.24, 2.45) is 0 Å². The summed E-state index contributed by atoms with van der Waals surface area (Å²) >= 11 is 0. The molecule has 0 aliphatic carbocycles. The Bertz CT molecular complexity index is 248. The van der Waals surface area contributed by atoms with Gasteiger partial charge in [0, 0.05) is 20.2 Å². The number of hydrogen-bond acceptors (Lipinski definition) is 5. The van der Waals surface area contributed by atoms with Gasteiger partial charge in [-0.3, -0.25) is 4.57 Å². The minimum Gasteiger partial charge on any atom is -0.351 e. The highest BCUT2D eigenvalue weighted by molar-refractivity contribution is 7.53. The SMILES string of the molecule is BC1C=CC(OCP(=O)(OC)OC)O1. The van der Waals surface area contributed by atoms with E-state index in [0.717, 1.165) is 0 Å². The topological polar surface area (TPSA) is 54.0 Å². The number of rotatable bonds is 5. The van der Waals surface area contributed by atoms with Gasteiger partial charge in [-0.15, -0.1) is 0 Å². The summed E-state index contributed by atoms with van der Waals surface area (Å²) in [6.45, 7) is 0. The maximum Gasteiger partial charge on any atom is 0.355 e. The third kappa shape index (κ3) is 3.22. The first kappa shape index (κ1) is 11.9. The maximum atomic E-state index is 11.5. The Morgan fingerprint density at radius 1 is 1.43 bits per heavy atom.